The number of hydrogen-bond donors (Lipinski definition) is 2. The Balaban J connectivity index is 1.73. The molecule has 2 N–H and O–H groups in total. The minimum atomic E-state index is -0.864. The van der Waals surface area contributed by atoms with E-state index >= 15 is 0 Å². The first-order valence-corrected chi connectivity index (χ1v) is 8.91. The van der Waals surface area contributed by atoms with Gasteiger partial charge in [0.05, 0.1) is 5.57 Å². The summed E-state index contributed by atoms with van der Waals surface area (Å²) in [7, 11) is 0. The maximum absolute atomic E-state index is 12.7. The van der Waals surface area contributed by atoms with E-state index in [0.717, 1.165) is 67.9 Å². The smallest absolute Gasteiger partial charge is 0.255 e. The zero-order chi connectivity index (χ0) is 14.7. The third-order valence-electron chi connectivity index (χ3n) is 5.44. The first kappa shape index (κ1) is 13.8. The number of fused-ring (bicyclic) bond motifs is 2. The van der Waals surface area contributed by atoms with Gasteiger partial charge in [-0.05, 0) is 62.9 Å². The van der Waals surface area contributed by atoms with E-state index in [1.165, 1.54) is 11.8 Å². The van der Waals surface area contributed by atoms with Crippen LogP contribution in [0.25, 0.3) is 0 Å². The number of nitrogens with one attached hydrogen (secondary N) is 1. The zero-order valence-corrected chi connectivity index (χ0v) is 13.3. The molecule has 0 aromatic heterocycles. The van der Waals surface area contributed by atoms with E-state index in [9.17, 15) is 9.90 Å². The van der Waals surface area contributed by atoms with Crippen LogP contribution in [0.2, 0.25) is 0 Å². The van der Waals surface area contributed by atoms with Crippen molar-refractivity contribution in [3.05, 3.63) is 11.1 Å². The van der Waals surface area contributed by atoms with Crippen LogP contribution in [-0.4, -0.2) is 26.7 Å². The van der Waals surface area contributed by atoms with Crippen molar-refractivity contribution in [2.45, 2.75) is 68.9 Å². The van der Waals surface area contributed by atoms with Crippen molar-refractivity contribution in [2.75, 3.05) is 0 Å². The fourth-order valence-electron chi connectivity index (χ4n) is 4.07. The molecule has 21 heavy (non-hydrogen) atoms. The Kier molecular flexibility index (Phi) is 3.02. The number of aliphatic imine (C=N–C) groups is 1. The van der Waals surface area contributed by atoms with Gasteiger partial charge in [0, 0.05) is 0 Å². The van der Waals surface area contributed by atoms with Crippen molar-refractivity contribution in [2.24, 2.45) is 10.9 Å². The lowest BCUT2D eigenvalue weighted by Gasteiger charge is -2.39. The summed E-state index contributed by atoms with van der Waals surface area (Å²) in [5, 5.41) is 14.8. The molecule has 0 saturated heterocycles. The summed E-state index contributed by atoms with van der Waals surface area (Å²) >= 11 is 1.42. The van der Waals surface area contributed by atoms with Gasteiger partial charge in [-0.2, -0.15) is 0 Å². The molecule has 114 valence electrons. The van der Waals surface area contributed by atoms with Gasteiger partial charge in [0.15, 0.2) is 0 Å². The number of aliphatic hydroxyl groups is 1. The number of hydrogen-bond acceptors (Lipinski definition) is 4. The third kappa shape index (κ3) is 2.08. The van der Waals surface area contributed by atoms with Crippen molar-refractivity contribution in [1.29, 1.82) is 0 Å². The Morgan fingerprint density at radius 3 is 2.81 bits per heavy atom. The first-order chi connectivity index (χ1) is 10.0. The van der Waals surface area contributed by atoms with Gasteiger partial charge in [-0.3, -0.25) is 4.79 Å². The molecular formula is C16H22N2O2S. The van der Waals surface area contributed by atoms with Gasteiger partial charge in [-0.1, -0.05) is 18.7 Å². The highest BCUT2D eigenvalue weighted by Crippen LogP contribution is 2.52. The summed E-state index contributed by atoms with van der Waals surface area (Å²) in [6.45, 7) is 2.26. The van der Waals surface area contributed by atoms with E-state index in [1.807, 2.05) is 0 Å². The standard InChI is InChI=1S/C16H22N2O2S/c1-10-5-8-15(9-6-10)17-13(19)12-11-4-2-3-7-16(11,20)21-14(12)18-15/h10,20H,2-9H2,1H3,(H,17,19). The number of rotatable bonds is 0. The SMILES string of the molecule is CC1CCC2(CC1)N=C1SC3(O)CCCCC3=C1C(=O)N2. The summed E-state index contributed by atoms with van der Waals surface area (Å²) in [4.78, 5) is 16.7. The molecule has 1 unspecified atom stereocenters. The van der Waals surface area contributed by atoms with Crippen molar-refractivity contribution >= 4 is 22.7 Å². The van der Waals surface area contributed by atoms with Crippen LogP contribution in [0.3, 0.4) is 0 Å². The van der Waals surface area contributed by atoms with Crippen LogP contribution in [-0.2, 0) is 4.79 Å². The Morgan fingerprint density at radius 2 is 2.05 bits per heavy atom. The summed E-state index contributed by atoms with van der Waals surface area (Å²) in [6, 6.07) is 0. The topological polar surface area (TPSA) is 61.7 Å². The summed E-state index contributed by atoms with van der Waals surface area (Å²) < 4.78 is 0. The second-order valence-corrected chi connectivity index (χ2v) is 8.30. The molecular weight excluding hydrogens is 284 g/mol. The molecule has 0 aromatic rings. The summed E-state index contributed by atoms with van der Waals surface area (Å²) in [5.74, 6) is 0.713. The second-order valence-electron chi connectivity index (χ2n) is 7.03. The molecule has 0 bridgehead atoms. The van der Waals surface area contributed by atoms with Gasteiger partial charge in [0.1, 0.15) is 15.6 Å². The Bertz CT molecular complexity index is 561. The van der Waals surface area contributed by atoms with Crippen molar-refractivity contribution in [3.63, 3.8) is 0 Å². The van der Waals surface area contributed by atoms with Crippen molar-refractivity contribution < 1.29 is 9.90 Å². The van der Waals surface area contributed by atoms with Gasteiger partial charge in [-0.15, -0.1) is 0 Å². The average molecular weight is 306 g/mol. The lowest BCUT2D eigenvalue weighted by molar-refractivity contribution is -0.119. The average Bonchev–Trinajstić information content (AvgIpc) is 2.74. The molecule has 4 nitrogen and oxygen atoms in total. The van der Waals surface area contributed by atoms with Gasteiger partial charge in [0.25, 0.3) is 5.91 Å². The van der Waals surface area contributed by atoms with Gasteiger partial charge in [-0.25, -0.2) is 4.99 Å². The molecule has 5 heteroatoms. The van der Waals surface area contributed by atoms with Crippen LogP contribution < -0.4 is 5.32 Å². The quantitative estimate of drug-likeness (QED) is 0.723. The molecule has 4 rings (SSSR count). The van der Waals surface area contributed by atoms with Crippen LogP contribution >= 0.6 is 11.8 Å². The molecule has 0 aromatic carbocycles. The lowest BCUT2D eigenvalue weighted by Crippen LogP contribution is -2.53. The normalized spacial score (nSPS) is 42.5. The molecule has 2 aliphatic carbocycles. The molecule has 1 amide bonds. The highest BCUT2D eigenvalue weighted by atomic mass is 32.2. The van der Waals surface area contributed by atoms with Crippen LogP contribution in [0.5, 0.6) is 0 Å². The predicted octanol–water partition coefficient (Wildman–Crippen LogP) is 2.73. The predicted molar refractivity (Wildman–Crippen MR) is 84.0 cm³/mol. The second kappa shape index (κ2) is 4.59. The molecule has 2 aliphatic heterocycles. The molecule has 2 saturated carbocycles. The number of carbonyl (C=O) groups is 1. The molecule has 2 fully saturated rings. The van der Waals surface area contributed by atoms with Gasteiger partial charge in [0.2, 0.25) is 0 Å². The Morgan fingerprint density at radius 1 is 1.29 bits per heavy atom. The van der Waals surface area contributed by atoms with Crippen LogP contribution in [0.1, 0.15) is 58.3 Å². The minimum Gasteiger partial charge on any atom is -0.375 e. The third-order valence-corrected chi connectivity index (χ3v) is 6.71. The number of thioether (sulfide) groups is 1. The maximum atomic E-state index is 12.7. The monoisotopic (exact) mass is 306 g/mol. The Labute approximate surface area is 129 Å². The van der Waals surface area contributed by atoms with Crippen LogP contribution in [0, 0.1) is 5.92 Å². The van der Waals surface area contributed by atoms with E-state index in [-0.39, 0.29) is 5.91 Å². The van der Waals surface area contributed by atoms with E-state index in [4.69, 9.17) is 4.99 Å². The number of nitrogens with zero attached hydrogens (tertiary/aromatic N) is 1. The molecule has 2 heterocycles. The van der Waals surface area contributed by atoms with Crippen LogP contribution in [0.15, 0.2) is 16.1 Å². The number of carbonyl (C=O) groups excluding carboxylic acids is 1. The van der Waals surface area contributed by atoms with E-state index in [0.29, 0.717) is 5.57 Å². The van der Waals surface area contributed by atoms with E-state index < -0.39 is 10.6 Å². The molecule has 1 spiro atoms. The maximum Gasteiger partial charge on any atom is 0.255 e. The summed E-state index contributed by atoms with van der Waals surface area (Å²) in [5.41, 5.74) is 1.21. The first-order valence-electron chi connectivity index (χ1n) is 8.09. The fraction of sp³-hybridized carbons (Fsp3) is 0.750. The van der Waals surface area contributed by atoms with Crippen molar-refractivity contribution in [1.82, 2.24) is 5.32 Å². The van der Waals surface area contributed by atoms with Crippen molar-refractivity contribution in [3.8, 4) is 0 Å². The highest BCUT2D eigenvalue weighted by molar-refractivity contribution is 8.16. The highest BCUT2D eigenvalue weighted by Gasteiger charge is 2.51. The number of amides is 1. The molecule has 4 aliphatic rings. The fourth-order valence-corrected chi connectivity index (χ4v) is 5.50. The lowest BCUT2D eigenvalue weighted by atomic mass is 9.81. The molecule has 1 atom stereocenters. The van der Waals surface area contributed by atoms with E-state index in [2.05, 4.69) is 12.2 Å². The van der Waals surface area contributed by atoms with Crippen LogP contribution in [0.4, 0.5) is 0 Å². The zero-order valence-electron chi connectivity index (χ0n) is 12.4. The Hall–Kier alpha value is -0.810. The van der Waals surface area contributed by atoms with Gasteiger partial charge < -0.3 is 10.4 Å². The largest absolute Gasteiger partial charge is 0.375 e. The minimum absolute atomic E-state index is 0.00474. The molecule has 0 radical (unpaired) electrons. The summed E-state index contributed by atoms with van der Waals surface area (Å²) in [6.07, 6.45) is 7.72. The van der Waals surface area contributed by atoms with Gasteiger partial charge >= 0.3 is 0 Å². The van der Waals surface area contributed by atoms with E-state index in [1.54, 1.807) is 0 Å².